The fourth-order valence-electron chi connectivity index (χ4n) is 4.57. The minimum atomic E-state index is -0.437. The van der Waals surface area contributed by atoms with Crippen LogP contribution in [0.1, 0.15) is 45.4 Å². The van der Waals surface area contributed by atoms with E-state index in [4.69, 9.17) is 13.9 Å². The molecule has 4 heterocycles. The number of piperidine rings is 1. The van der Waals surface area contributed by atoms with E-state index in [0.29, 0.717) is 47.5 Å². The molecule has 1 fully saturated rings. The number of carbonyl (C=O) groups is 3. The molecule has 0 radical (unpaired) electrons. The van der Waals surface area contributed by atoms with E-state index >= 15 is 0 Å². The van der Waals surface area contributed by atoms with Crippen molar-refractivity contribution in [1.82, 2.24) is 20.0 Å². The van der Waals surface area contributed by atoms with Crippen LogP contribution in [-0.4, -0.2) is 64.1 Å². The van der Waals surface area contributed by atoms with E-state index in [-0.39, 0.29) is 25.2 Å². The highest BCUT2D eigenvalue weighted by Gasteiger charge is 2.38. The van der Waals surface area contributed by atoms with Crippen molar-refractivity contribution in [2.75, 3.05) is 26.4 Å². The number of hydrogen-bond acceptors (Lipinski definition) is 8. The molecule has 34 heavy (non-hydrogen) atoms. The first-order valence-electron chi connectivity index (χ1n) is 11.0. The van der Waals surface area contributed by atoms with Crippen LogP contribution < -0.4 is 9.47 Å². The summed E-state index contributed by atoms with van der Waals surface area (Å²) in [5.41, 5.74) is 1.38. The molecule has 2 aromatic carbocycles. The molecule has 10 nitrogen and oxygen atoms in total. The van der Waals surface area contributed by atoms with Crippen molar-refractivity contribution in [1.29, 1.82) is 0 Å². The van der Waals surface area contributed by atoms with Crippen molar-refractivity contribution >= 4 is 17.7 Å². The Bertz CT molecular complexity index is 1280. The highest BCUT2D eigenvalue weighted by atomic mass is 16.7. The number of rotatable bonds is 4. The highest BCUT2D eigenvalue weighted by Crippen LogP contribution is 2.36. The van der Waals surface area contributed by atoms with E-state index in [2.05, 4.69) is 10.2 Å². The van der Waals surface area contributed by atoms with Crippen LogP contribution >= 0.6 is 0 Å². The number of ether oxygens (including phenoxy) is 2. The predicted octanol–water partition coefficient (Wildman–Crippen LogP) is 2.47. The Morgan fingerprint density at radius 1 is 1.00 bits per heavy atom. The second-order valence-corrected chi connectivity index (χ2v) is 8.43. The van der Waals surface area contributed by atoms with Crippen LogP contribution in [0.3, 0.4) is 0 Å². The van der Waals surface area contributed by atoms with Gasteiger partial charge in [0.15, 0.2) is 11.5 Å². The summed E-state index contributed by atoms with van der Waals surface area (Å²) in [6.45, 7) is 0.818. The maximum Gasteiger partial charge on any atom is 0.262 e. The second-order valence-electron chi connectivity index (χ2n) is 8.43. The van der Waals surface area contributed by atoms with Crippen LogP contribution in [0.15, 0.2) is 46.9 Å². The molecule has 0 aliphatic carbocycles. The summed E-state index contributed by atoms with van der Waals surface area (Å²) >= 11 is 0. The number of likely N-dealkylation sites (tertiary alicyclic amines) is 1. The Hall–Kier alpha value is -4.21. The van der Waals surface area contributed by atoms with Crippen LogP contribution in [0.25, 0.3) is 11.5 Å². The average Bonchev–Trinajstić information content (AvgIpc) is 3.60. The molecule has 172 valence electrons. The molecule has 1 atom stereocenters. The van der Waals surface area contributed by atoms with Crippen molar-refractivity contribution in [3.63, 3.8) is 0 Å². The number of aromatic nitrogens is 2. The second kappa shape index (κ2) is 7.98. The monoisotopic (exact) mass is 460 g/mol. The predicted molar refractivity (Wildman–Crippen MR) is 116 cm³/mol. The number of amides is 3. The van der Waals surface area contributed by atoms with Gasteiger partial charge in [0, 0.05) is 18.7 Å². The van der Waals surface area contributed by atoms with Crippen molar-refractivity contribution < 1.29 is 28.3 Å². The van der Waals surface area contributed by atoms with Gasteiger partial charge in [0.1, 0.15) is 6.54 Å². The lowest BCUT2D eigenvalue weighted by atomic mass is 9.98. The molecule has 1 unspecified atom stereocenters. The van der Waals surface area contributed by atoms with Crippen molar-refractivity contribution in [3.8, 4) is 23.0 Å². The van der Waals surface area contributed by atoms with Gasteiger partial charge < -0.3 is 18.8 Å². The molecule has 3 aliphatic rings. The lowest BCUT2D eigenvalue weighted by Crippen LogP contribution is -2.46. The smallest absolute Gasteiger partial charge is 0.262 e. The Balaban J connectivity index is 1.14. The highest BCUT2D eigenvalue weighted by molar-refractivity contribution is 6.22. The summed E-state index contributed by atoms with van der Waals surface area (Å²) in [6.07, 6.45) is 1.54. The van der Waals surface area contributed by atoms with Crippen molar-refractivity contribution in [2.45, 2.75) is 18.8 Å². The van der Waals surface area contributed by atoms with E-state index in [1.807, 2.05) is 6.07 Å². The lowest BCUT2D eigenvalue weighted by molar-refractivity contribution is -0.132. The quantitative estimate of drug-likeness (QED) is 0.546. The fourth-order valence-corrected chi connectivity index (χ4v) is 4.57. The number of carbonyl (C=O) groups excluding carboxylic acids is 3. The summed E-state index contributed by atoms with van der Waals surface area (Å²) in [5, 5.41) is 8.38. The summed E-state index contributed by atoms with van der Waals surface area (Å²) in [4.78, 5) is 40.9. The van der Waals surface area contributed by atoms with Gasteiger partial charge >= 0.3 is 0 Å². The molecule has 3 aromatic rings. The zero-order valence-electron chi connectivity index (χ0n) is 18.1. The van der Waals surface area contributed by atoms with Crippen LogP contribution in [0, 0.1) is 0 Å². The summed E-state index contributed by atoms with van der Waals surface area (Å²) in [7, 11) is 0. The van der Waals surface area contributed by atoms with Gasteiger partial charge in [-0.15, -0.1) is 10.2 Å². The first-order chi connectivity index (χ1) is 16.6. The molecule has 1 aromatic heterocycles. The van der Waals surface area contributed by atoms with Crippen molar-refractivity contribution in [3.05, 3.63) is 59.5 Å². The summed E-state index contributed by atoms with van der Waals surface area (Å²) in [6, 6.07) is 12.0. The van der Waals surface area contributed by atoms with E-state index in [9.17, 15) is 14.4 Å². The third-order valence-corrected chi connectivity index (χ3v) is 6.36. The van der Waals surface area contributed by atoms with E-state index in [0.717, 1.165) is 23.3 Å². The number of fused-ring (bicyclic) bond motifs is 2. The average molecular weight is 460 g/mol. The topological polar surface area (TPSA) is 115 Å². The lowest BCUT2D eigenvalue weighted by Gasteiger charge is -2.32. The van der Waals surface area contributed by atoms with Gasteiger partial charge in [0.25, 0.3) is 11.8 Å². The Labute approximate surface area is 194 Å². The first-order valence-corrected chi connectivity index (χ1v) is 11.0. The molecule has 1 saturated heterocycles. The van der Waals surface area contributed by atoms with Gasteiger partial charge in [0.2, 0.25) is 24.5 Å². The van der Waals surface area contributed by atoms with Gasteiger partial charge in [-0.1, -0.05) is 12.1 Å². The van der Waals surface area contributed by atoms with Gasteiger partial charge in [0.05, 0.1) is 17.0 Å². The molecule has 6 rings (SSSR count). The first kappa shape index (κ1) is 20.4. The van der Waals surface area contributed by atoms with Gasteiger partial charge in [-0.25, -0.2) is 0 Å². The third-order valence-electron chi connectivity index (χ3n) is 6.36. The number of hydrogen-bond donors (Lipinski definition) is 0. The minimum Gasteiger partial charge on any atom is -0.454 e. The molecule has 0 spiro atoms. The number of nitrogens with zero attached hydrogens (tertiary/aromatic N) is 4. The Morgan fingerprint density at radius 2 is 1.76 bits per heavy atom. The molecule has 0 bridgehead atoms. The maximum atomic E-state index is 13.0. The van der Waals surface area contributed by atoms with Crippen LogP contribution in [0.4, 0.5) is 0 Å². The van der Waals surface area contributed by atoms with E-state index in [1.165, 1.54) is 0 Å². The van der Waals surface area contributed by atoms with Gasteiger partial charge in [-0.05, 0) is 43.2 Å². The molecule has 3 aliphatic heterocycles. The number of benzene rings is 2. The zero-order valence-corrected chi connectivity index (χ0v) is 18.1. The van der Waals surface area contributed by atoms with E-state index < -0.39 is 11.8 Å². The minimum absolute atomic E-state index is 0.130. The Kier molecular flexibility index (Phi) is 4.79. The largest absolute Gasteiger partial charge is 0.454 e. The SMILES string of the molecule is O=C(CN1C(=O)c2ccccc2C1=O)N1CCCC(c2nnc(-c3ccc4c(c3)OCO4)o2)C1. The summed E-state index contributed by atoms with van der Waals surface area (Å²) < 4.78 is 16.7. The van der Waals surface area contributed by atoms with Crippen LogP contribution in [0.2, 0.25) is 0 Å². The standard InChI is InChI=1S/C24H20N4O6/c29-20(12-28-23(30)16-5-1-2-6-17(16)24(28)31)27-9-3-4-15(11-27)22-26-25-21(34-22)14-7-8-18-19(10-14)33-13-32-18/h1-2,5-8,10,15H,3-4,9,11-13H2. The molecule has 0 N–H and O–H groups in total. The Morgan fingerprint density at radius 3 is 2.56 bits per heavy atom. The van der Waals surface area contributed by atoms with Crippen LogP contribution in [-0.2, 0) is 4.79 Å². The number of imide groups is 1. The molecular weight excluding hydrogens is 440 g/mol. The van der Waals surface area contributed by atoms with Crippen LogP contribution in [0.5, 0.6) is 11.5 Å². The molecule has 3 amide bonds. The van der Waals surface area contributed by atoms with E-state index in [1.54, 1.807) is 41.3 Å². The molecular formula is C24H20N4O6. The fraction of sp³-hybridized carbons (Fsp3) is 0.292. The third kappa shape index (κ3) is 3.38. The zero-order chi connectivity index (χ0) is 23.2. The van der Waals surface area contributed by atoms with Gasteiger partial charge in [-0.2, -0.15) is 0 Å². The normalized spacial score (nSPS) is 19.0. The maximum absolute atomic E-state index is 13.0. The van der Waals surface area contributed by atoms with Gasteiger partial charge in [-0.3, -0.25) is 19.3 Å². The molecule has 10 heteroatoms. The van der Waals surface area contributed by atoms with Crippen molar-refractivity contribution in [2.24, 2.45) is 0 Å². The molecule has 0 saturated carbocycles. The summed E-state index contributed by atoms with van der Waals surface area (Å²) in [5.74, 6) is 0.821.